The third kappa shape index (κ3) is 3.42. The van der Waals surface area contributed by atoms with E-state index in [2.05, 4.69) is 5.32 Å². The Labute approximate surface area is 152 Å². The Bertz CT molecular complexity index is 796. The van der Waals surface area contributed by atoms with E-state index in [0.29, 0.717) is 28.7 Å². The van der Waals surface area contributed by atoms with Gasteiger partial charge in [0.1, 0.15) is 0 Å². The number of benzene rings is 2. The molecule has 0 saturated carbocycles. The predicted molar refractivity (Wildman–Crippen MR) is 99.7 cm³/mol. The van der Waals surface area contributed by atoms with Gasteiger partial charge in [-0.3, -0.25) is 19.3 Å². The molecule has 1 aliphatic rings. The predicted octanol–water partition coefficient (Wildman–Crippen LogP) is 2.49. The molecule has 3 rings (SSSR count). The standard InChI is InChI=1S/C21H20N2O3/c1-2-17(24)22-13-14-23-20(25)18(15-9-5-3-6-10-15)19(21(23)26)16-11-7-4-8-12-16/h3-12H,2,13-14H2,1H3,(H,22,24). The van der Waals surface area contributed by atoms with Gasteiger partial charge in [0.15, 0.2) is 0 Å². The van der Waals surface area contributed by atoms with Crippen molar-refractivity contribution in [3.63, 3.8) is 0 Å². The van der Waals surface area contributed by atoms with Crippen LogP contribution in [0.4, 0.5) is 0 Å². The molecule has 0 atom stereocenters. The molecule has 132 valence electrons. The van der Waals surface area contributed by atoms with Gasteiger partial charge in [-0.25, -0.2) is 0 Å². The minimum absolute atomic E-state index is 0.108. The number of hydrogen-bond acceptors (Lipinski definition) is 3. The summed E-state index contributed by atoms with van der Waals surface area (Å²) in [5.74, 6) is -0.764. The van der Waals surface area contributed by atoms with Gasteiger partial charge in [-0.2, -0.15) is 0 Å². The summed E-state index contributed by atoms with van der Waals surface area (Å²) in [4.78, 5) is 38.6. The van der Waals surface area contributed by atoms with E-state index in [4.69, 9.17) is 0 Å². The highest BCUT2D eigenvalue weighted by Crippen LogP contribution is 2.35. The van der Waals surface area contributed by atoms with Crippen LogP contribution in [0.5, 0.6) is 0 Å². The van der Waals surface area contributed by atoms with Gasteiger partial charge in [0.05, 0.1) is 11.1 Å². The van der Waals surface area contributed by atoms with Gasteiger partial charge >= 0.3 is 0 Å². The largest absolute Gasteiger partial charge is 0.354 e. The van der Waals surface area contributed by atoms with Gasteiger partial charge in [-0.05, 0) is 11.1 Å². The molecular formula is C21H20N2O3. The number of hydrogen-bond donors (Lipinski definition) is 1. The van der Waals surface area contributed by atoms with Crippen LogP contribution >= 0.6 is 0 Å². The van der Waals surface area contributed by atoms with Crippen LogP contribution in [0.25, 0.3) is 11.1 Å². The van der Waals surface area contributed by atoms with Crippen LogP contribution in [0, 0.1) is 0 Å². The van der Waals surface area contributed by atoms with Crippen molar-refractivity contribution in [1.82, 2.24) is 10.2 Å². The second kappa shape index (κ2) is 7.78. The first-order valence-corrected chi connectivity index (χ1v) is 8.61. The molecule has 2 aromatic rings. The number of carbonyl (C=O) groups excluding carboxylic acids is 3. The highest BCUT2D eigenvalue weighted by molar-refractivity contribution is 6.49. The van der Waals surface area contributed by atoms with Crippen molar-refractivity contribution in [2.75, 3.05) is 13.1 Å². The van der Waals surface area contributed by atoms with Crippen molar-refractivity contribution in [3.05, 3.63) is 71.8 Å². The van der Waals surface area contributed by atoms with Crippen molar-refractivity contribution < 1.29 is 14.4 Å². The van der Waals surface area contributed by atoms with Gasteiger partial charge in [0.2, 0.25) is 5.91 Å². The average molecular weight is 348 g/mol. The Morgan fingerprint density at radius 1 is 0.846 bits per heavy atom. The van der Waals surface area contributed by atoms with Crippen molar-refractivity contribution in [3.8, 4) is 0 Å². The van der Waals surface area contributed by atoms with Crippen LogP contribution in [-0.4, -0.2) is 35.7 Å². The van der Waals surface area contributed by atoms with E-state index in [1.54, 1.807) is 6.92 Å². The Morgan fingerprint density at radius 3 is 1.73 bits per heavy atom. The van der Waals surface area contributed by atoms with Crippen LogP contribution in [0.15, 0.2) is 60.7 Å². The lowest BCUT2D eigenvalue weighted by Crippen LogP contribution is -2.38. The zero-order valence-corrected chi connectivity index (χ0v) is 14.6. The van der Waals surface area contributed by atoms with Gasteiger partial charge in [0, 0.05) is 19.5 Å². The number of rotatable bonds is 6. The minimum atomic E-state index is -0.328. The first-order valence-electron chi connectivity index (χ1n) is 8.61. The summed E-state index contributed by atoms with van der Waals surface area (Å²) in [7, 11) is 0. The van der Waals surface area contributed by atoms with Crippen molar-refractivity contribution in [1.29, 1.82) is 0 Å². The molecule has 0 aromatic heterocycles. The summed E-state index contributed by atoms with van der Waals surface area (Å²) < 4.78 is 0. The van der Waals surface area contributed by atoms with Gasteiger partial charge < -0.3 is 5.32 Å². The summed E-state index contributed by atoms with van der Waals surface area (Å²) in [6, 6.07) is 18.4. The summed E-state index contributed by atoms with van der Waals surface area (Å²) in [5.41, 5.74) is 2.24. The second-order valence-corrected chi connectivity index (χ2v) is 5.95. The van der Waals surface area contributed by atoms with Crippen LogP contribution in [0.3, 0.4) is 0 Å². The Hall–Kier alpha value is -3.21. The molecule has 1 aliphatic heterocycles. The molecule has 0 radical (unpaired) electrons. The van der Waals surface area contributed by atoms with Crippen molar-refractivity contribution >= 4 is 28.9 Å². The normalized spacial score (nSPS) is 14.1. The molecule has 5 heteroatoms. The molecule has 3 amide bonds. The van der Waals surface area contributed by atoms with Crippen LogP contribution in [0.1, 0.15) is 24.5 Å². The topological polar surface area (TPSA) is 66.5 Å². The van der Waals surface area contributed by atoms with Crippen LogP contribution < -0.4 is 5.32 Å². The zero-order valence-electron chi connectivity index (χ0n) is 14.6. The quantitative estimate of drug-likeness (QED) is 0.816. The second-order valence-electron chi connectivity index (χ2n) is 5.95. The zero-order chi connectivity index (χ0) is 18.5. The summed E-state index contributed by atoms with van der Waals surface area (Å²) in [6.45, 7) is 2.15. The molecule has 0 aliphatic carbocycles. The molecule has 0 spiro atoms. The molecule has 0 saturated heterocycles. The SMILES string of the molecule is CCC(=O)NCCN1C(=O)C(c2ccccc2)=C(c2ccccc2)C1=O. The van der Waals surface area contributed by atoms with Gasteiger partial charge in [-0.1, -0.05) is 67.6 Å². The third-order valence-electron chi connectivity index (χ3n) is 4.27. The third-order valence-corrected chi connectivity index (χ3v) is 4.27. The fourth-order valence-corrected chi connectivity index (χ4v) is 2.96. The van der Waals surface area contributed by atoms with E-state index in [-0.39, 0.29) is 30.8 Å². The highest BCUT2D eigenvalue weighted by Gasteiger charge is 2.39. The first-order chi connectivity index (χ1) is 12.6. The van der Waals surface area contributed by atoms with E-state index >= 15 is 0 Å². The summed E-state index contributed by atoms with van der Waals surface area (Å²) in [6.07, 6.45) is 0.366. The van der Waals surface area contributed by atoms with Crippen LogP contribution in [-0.2, 0) is 14.4 Å². The monoisotopic (exact) mass is 348 g/mol. The number of nitrogens with one attached hydrogen (secondary N) is 1. The fourth-order valence-electron chi connectivity index (χ4n) is 2.96. The van der Waals surface area contributed by atoms with E-state index in [9.17, 15) is 14.4 Å². The number of amides is 3. The number of nitrogens with zero attached hydrogens (tertiary/aromatic N) is 1. The lowest BCUT2D eigenvalue weighted by atomic mass is 9.96. The lowest BCUT2D eigenvalue weighted by molar-refractivity contribution is -0.136. The molecule has 0 fully saturated rings. The lowest BCUT2D eigenvalue weighted by Gasteiger charge is -2.15. The molecular weight excluding hydrogens is 328 g/mol. The molecule has 1 N–H and O–H groups in total. The molecule has 2 aromatic carbocycles. The highest BCUT2D eigenvalue weighted by atomic mass is 16.2. The maximum absolute atomic E-state index is 13.0. The summed E-state index contributed by atoms with van der Waals surface area (Å²) >= 11 is 0. The number of carbonyl (C=O) groups is 3. The molecule has 1 heterocycles. The van der Waals surface area contributed by atoms with Crippen molar-refractivity contribution in [2.24, 2.45) is 0 Å². The van der Waals surface area contributed by atoms with Crippen molar-refractivity contribution in [2.45, 2.75) is 13.3 Å². The maximum Gasteiger partial charge on any atom is 0.262 e. The fraction of sp³-hybridized carbons (Fsp3) is 0.190. The van der Waals surface area contributed by atoms with E-state index in [1.807, 2.05) is 60.7 Å². The van der Waals surface area contributed by atoms with Crippen LogP contribution in [0.2, 0.25) is 0 Å². The van der Waals surface area contributed by atoms with E-state index < -0.39 is 0 Å². The minimum Gasteiger partial charge on any atom is -0.354 e. The van der Waals surface area contributed by atoms with E-state index in [1.165, 1.54) is 4.90 Å². The van der Waals surface area contributed by atoms with Gasteiger partial charge in [0.25, 0.3) is 11.8 Å². The first kappa shape index (κ1) is 17.6. The Morgan fingerprint density at radius 2 is 1.31 bits per heavy atom. The summed E-state index contributed by atoms with van der Waals surface area (Å²) in [5, 5.41) is 2.71. The smallest absolute Gasteiger partial charge is 0.262 e. The number of imide groups is 1. The Kier molecular flexibility index (Phi) is 5.27. The van der Waals surface area contributed by atoms with E-state index in [0.717, 1.165) is 0 Å². The maximum atomic E-state index is 13.0. The Balaban J connectivity index is 1.95. The average Bonchev–Trinajstić information content (AvgIpc) is 2.93. The molecule has 0 unspecified atom stereocenters. The molecule has 5 nitrogen and oxygen atoms in total. The molecule has 26 heavy (non-hydrogen) atoms. The molecule has 0 bridgehead atoms. The van der Waals surface area contributed by atoms with Gasteiger partial charge in [-0.15, -0.1) is 0 Å².